The second kappa shape index (κ2) is 9.57. The molecule has 0 aliphatic carbocycles. The first kappa shape index (κ1) is 26.0. The normalized spacial score (nSPS) is 22.9. The molecule has 0 spiro atoms. The largest absolute Gasteiger partial charge is 0.390 e. The Hall–Kier alpha value is -3.67. The maximum atomic E-state index is 14.8. The van der Waals surface area contributed by atoms with Crippen LogP contribution in [0.15, 0.2) is 30.7 Å². The number of aromatic nitrogens is 4. The SMILES string of the molecule is CNC(=O)C1(F)CN(c2ncc(C(C)C)c3cc(Nc4ccnc(N5CC[C@@H](O)[C@@](C)(F)C5)n4)ncc23)C1. The van der Waals surface area contributed by atoms with Crippen LogP contribution in [0.1, 0.15) is 38.7 Å². The number of pyridine rings is 2. The molecular weight excluding hydrogens is 494 g/mol. The van der Waals surface area contributed by atoms with Gasteiger partial charge in [-0.1, -0.05) is 13.8 Å². The Morgan fingerprint density at radius 3 is 2.55 bits per heavy atom. The van der Waals surface area contributed by atoms with E-state index >= 15 is 0 Å². The monoisotopic (exact) mass is 526 g/mol. The predicted molar refractivity (Wildman–Crippen MR) is 141 cm³/mol. The third-order valence-electron chi connectivity index (χ3n) is 7.27. The molecule has 0 saturated carbocycles. The molecule has 5 heterocycles. The van der Waals surface area contributed by atoms with Crippen molar-refractivity contribution in [3.05, 3.63) is 36.3 Å². The number of aliphatic hydroxyl groups is 1. The van der Waals surface area contributed by atoms with Crippen LogP contribution in [0.4, 0.5) is 32.2 Å². The van der Waals surface area contributed by atoms with Gasteiger partial charge in [0, 0.05) is 37.6 Å². The molecule has 1 amide bonds. The van der Waals surface area contributed by atoms with E-state index in [1.807, 2.05) is 6.07 Å². The number of carbonyl (C=O) groups excluding carboxylic acids is 1. The van der Waals surface area contributed by atoms with Gasteiger partial charge in [0.2, 0.25) is 11.6 Å². The number of nitrogens with zero attached hydrogens (tertiary/aromatic N) is 6. The van der Waals surface area contributed by atoms with E-state index in [0.29, 0.717) is 29.9 Å². The highest BCUT2D eigenvalue weighted by Crippen LogP contribution is 2.37. The molecule has 2 saturated heterocycles. The fraction of sp³-hybridized carbons (Fsp3) is 0.500. The van der Waals surface area contributed by atoms with Gasteiger partial charge in [0.05, 0.1) is 25.7 Å². The molecule has 0 unspecified atom stereocenters. The van der Waals surface area contributed by atoms with Gasteiger partial charge in [-0.15, -0.1) is 0 Å². The number of aliphatic hydroxyl groups excluding tert-OH is 1. The smallest absolute Gasteiger partial charge is 0.261 e. The Morgan fingerprint density at radius 2 is 1.87 bits per heavy atom. The Balaban J connectivity index is 1.41. The predicted octanol–water partition coefficient (Wildman–Crippen LogP) is 2.86. The average molecular weight is 527 g/mol. The van der Waals surface area contributed by atoms with Gasteiger partial charge in [-0.05, 0) is 42.3 Å². The quantitative estimate of drug-likeness (QED) is 0.445. The number of piperidine rings is 1. The van der Waals surface area contributed by atoms with Gasteiger partial charge in [-0.2, -0.15) is 4.98 Å². The number of hydrogen-bond donors (Lipinski definition) is 3. The lowest BCUT2D eigenvalue weighted by Gasteiger charge is -2.44. The molecule has 10 nitrogen and oxygen atoms in total. The number of anilines is 4. The van der Waals surface area contributed by atoms with Crippen LogP contribution in [0.25, 0.3) is 10.8 Å². The van der Waals surface area contributed by atoms with Crippen LogP contribution in [0.5, 0.6) is 0 Å². The van der Waals surface area contributed by atoms with Crippen LogP contribution in [0, 0.1) is 0 Å². The summed E-state index contributed by atoms with van der Waals surface area (Å²) in [5.74, 6) is 1.51. The zero-order valence-corrected chi connectivity index (χ0v) is 21.9. The summed E-state index contributed by atoms with van der Waals surface area (Å²) in [5.41, 5.74) is -2.68. The Morgan fingerprint density at radius 1 is 1.11 bits per heavy atom. The summed E-state index contributed by atoms with van der Waals surface area (Å²) in [5, 5.41) is 17.2. The highest BCUT2D eigenvalue weighted by Gasteiger charge is 2.50. The van der Waals surface area contributed by atoms with E-state index in [-0.39, 0.29) is 32.0 Å². The van der Waals surface area contributed by atoms with Gasteiger partial charge in [0.15, 0.2) is 5.67 Å². The zero-order valence-electron chi connectivity index (χ0n) is 21.9. The number of hydrogen-bond acceptors (Lipinski definition) is 9. The van der Waals surface area contributed by atoms with E-state index in [9.17, 15) is 18.7 Å². The lowest BCUT2D eigenvalue weighted by Crippen LogP contribution is -2.66. The van der Waals surface area contributed by atoms with Crippen molar-refractivity contribution in [2.24, 2.45) is 0 Å². The maximum absolute atomic E-state index is 14.8. The minimum atomic E-state index is -1.94. The Kier molecular flexibility index (Phi) is 6.54. The number of alkyl halides is 2. The zero-order chi connectivity index (χ0) is 27.2. The lowest BCUT2D eigenvalue weighted by atomic mass is 9.93. The number of halogens is 2. The molecule has 2 aliphatic rings. The van der Waals surface area contributed by atoms with E-state index in [1.54, 1.807) is 34.5 Å². The molecule has 2 aliphatic heterocycles. The second-order valence-corrected chi connectivity index (χ2v) is 10.6. The molecule has 0 aromatic carbocycles. The highest BCUT2D eigenvalue weighted by atomic mass is 19.1. The van der Waals surface area contributed by atoms with Crippen molar-refractivity contribution >= 4 is 40.1 Å². The van der Waals surface area contributed by atoms with Gasteiger partial charge in [0.25, 0.3) is 5.91 Å². The fourth-order valence-corrected chi connectivity index (χ4v) is 5.01. The minimum absolute atomic E-state index is 0.00402. The molecule has 38 heavy (non-hydrogen) atoms. The summed E-state index contributed by atoms with van der Waals surface area (Å²) in [6.07, 6.45) is 4.34. The van der Waals surface area contributed by atoms with Crippen LogP contribution in [-0.2, 0) is 4.79 Å². The van der Waals surface area contributed by atoms with Gasteiger partial charge in [-0.3, -0.25) is 4.79 Å². The van der Waals surface area contributed by atoms with Crippen molar-refractivity contribution in [3.8, 4) is 0 Å². The summed E-state index contributed by atoms with van der Waals surface area (Å²) in [4.78, 5) is 33.3. The first-order valence-electron chi connectivity index (χ1n) is 12.7. The van der Waals surface area contributed by atoms with Crippen molar-refractivity contribution < 1.29 is 18.7 Å². The van der Waals surface area contributed by atoms with Crippen LogP contribution in [-0.4, -0.2) is 81.6 Å². The number of fused-ring (bicyclic) bond motifs is 1. The summed E-state index contributed by atoms with van der Waals surface area (Å²) in [7, 11) is 1.42. The van der Waals surface area contributed by atoms with Gasteiger partial charge in [0.1, 0.15) is 17.5 Å². The minimum Gasteiger partial charge on any atom is -0.390 e. The van der Waals surface area contributed by atoms with Gasteiger partial charge in [-0.25, -0.2) is 23.7 Å². The Bertz CT molecular complexity index is 1360. The first-order chi connectivity index (χ1) is 18.0. The highest BCUT2D eigenvalue weighted by molar-refractivity contribution is 5.97. The third kappa shape index (κ3) is 4.68. The topological polar surface area (TPSA) is 119 Å². The van der Waals surface area contributed by atoms with Crippen LogP contribution in [0.3, 0.4) is 0 Å². The molecule has 0 bridgehead atoms. The van der Waals surface area contributed by atoms with E-state index in [1.165, 1.54) is 14.0 Å². The summed E-state index contributed by atoms with van der Waals surface area (Å²) < 4.78 is 29.5. The van der Waals surface area contributed by atoms with Crippen LogP contribution < -0.4 is 20.4 Å². The summed E-state index contributed by atoms with van der Waals surface area (Å²) in [6, 6.07) is 3.60. The maximum Gasteiger partial charge on any atom is 0.261 e. The van der Waals surface area contributed by atoms with Crippen molar-refractivity contribution in [1.82, 2.24) is 25.3 Å². The fourth-order valence-electron chi connectivity index (χ4n) is 5.01. The molecule has 5 rings (SSSR count). The molecule has 3 aromatic rings. The number of amides is 1. The van der Waals surface area contributed by atoms with Crippen molar-refractivity contribution in [2.45, 2.75) is 50.6 Å². The third-order valence-corrected chi connectivity index (χ3v) is 7.27. The van der Waals surface area contributed by atoms with Crippen LogP contribution in [0.2, 0.25) is 0 Å². The first-order valence-corrected chi connectivity index (χ1v) is 12.7. The molecule has 2 atom stereocenters. The standard InChI is InChI=1S/C26H32F2N8O2/c1-15(2)17-10-32-22(36-13-26(28,14-36)23(38)29-4)18-11-31-21(9-16(17)18)33-20-5-7-30-24(34-20)35-8-6-19(37)25(3,27)12-35/h5,7,9-11,15,19,37H,6,8,12-14H2,1-4H3,(H,29,38)(H,30,31,33,34)/t19-,25+/m1/s1. The molecule has 202 valence electrons. The van der Waals surface area contributed by atoms with Crippen molar-refractivity contribution in [2.75, 3.05) is 48.3 Å². The molecule has 3 N–H and O–H groups in total. The van der Waals surface area contributed by atoms with E-state index < -0.39 is 23.3 Å². The van der Waals surface area contributed by atoms with E-state index in [2.05, 4.69) is 44.4 Å². The van der Waals surface area contributed by atoms with Crippen molar-refractivity contribution in [1.29, 1.82) is 0 Å². The van der Waals surface area contributed by atoms with E-state index in [0.717, 1.165) is 16.3 Å². The number of rotatable bonds is 6. The summed E-state index contributed by atoms with van der Waals surface area (Å²) >= 11 is 0. The average Bonchev–Trinajstić information content (AvgIpc) is 2.87. The number of carbonyl (C=O) groups is 1. The molecule has 2 fully saturated rings. The Labute approximate surface area is 219 Å². The van der Waals surface area contributed by atoms with Gasteiger partial charge < -0.3 is 25.5 Å². The molecular formula is C26H32F2N8O2. The van der Waals surface area contributed by atoms with Gasteiger partial charge >= 0.3 is 0 Å². The van der Waals surface area contributed by atoms with E-state index in [4.69, 9.17) is 0 Å². The molecule has 0 radical (unpaired) electrons. The summed E-state index contributed by atoms with van der Waals surface area (Å²) in [6.45, 7) is 5.80. The molecule has 3 aromatic heterocycles. The van der Waals surface area contributed by atoms with Crippen molar-refractivity contribution in [3.63, 3.8) is 0 Å². The van der Waals surface area contributed by atoms with Crippen LogP contribution >= 0.6 is 0 Å². The second-order valence-electron chi connectivity index (χ2n) is 10.6. The number of nitrogens with one attached hydrogen (secondary N) is 2. The molecule has 12 heteroatoms. The lowest BCUT2D eigenvalue weighted by molar-refractivity contribution is -0.134.